The molecule has 5 aromatic heterocycles. The van der Waals surface area contributed by atoms with Crippen LogP contribution in [-0.2, 0) is 0 Å². The first-order chi connectivity index (χ1) is 21.3. The maximum absolute atomic E-state index is 6.39. The molecule has 0 atom stereocenters. The third-order valence-electron chi connectivity index (χ3n) is 8.49. The van der Waals surface area contributed by atoms with Crippen LogP contribution in [0, 0.1) is 0 Å². The normalized spacial score (nSPS) is 12.2. The molecule has 0 aliphatic rings. The van der Waals surface area contributed by atoms with Crippen molar-refractivity contribution in [1.29, 1.82) is 0 Å². The lowest BCUT2D eigenvalue weighted by Gasteiger charge is -2.11. The minimum absolute atomic E-state index is 0.606. The second-order valence-electron chi connectivity index (χ2n) is 10.8. The van der Waals surface area contributed by atoms with E-state index in [-0.39, 0.29) is 0 Å². The van der Waals surface area contributed by atoms with Crippen molar-refractivity contribution in [3.05, 3.63) is 122 Å². The van der Waals surface area contributed by atoms with E-state index in [0.29, 0.717) is 11.5 Å². The third-order valence-corrected chi connectivity index (χ3v) is 9.68. The maximum Gasteiger partial charge on any atom is 0.236 e. The van der Waals surface area contributed by atoms with Gasteiger partial charge < -0.3 is 4.42 Å². The predicted octanol–water partition coefficient (Wildman–Crippen LogP) is 10.1. The van der Waals surface area contributed by atoms with E-state index in [2.05, 4.69) is 88.4 Å². The average Bonchev–Trinajstić information content (AvgIpc) is 3.75. The number of hydrogen-bond acceptors (Lipinski definition) is 5. The Bertz CT molecular complexity index is 2740. The van der Waals surface area contributed by atoms with Crippen LogP contribution < -0.4 is 0 Å². The van der Waals surface area contributed by atoms with Gasteiger partial charge in [-0.2, -0.15) is 0 Å². The fourth-order valence-electron chi connectivity index (χ4n) is 6.71. The minimum Gasteiger partial charge on any atom is -0.452 e. The van der Waals surface area contributed by atoms with Crippen molar-refractivity contribution in [1.82, 2.24) is 19.5 Å². The van der Waals surface area contributed by atoms with Crippen molar-refractivity contribution in [3.8, 4) is 17.2 Å². The first kappa shape index (κ1) is 23.0. The summed E-state index contributed by atoms with van der Waals surface area (Å²) in [4.78, 5) is 14.9. The highest BCUT2D eigenvalue weighted by molar-refractivity contribution is 7.27. The van der Waals surface area contributed by atoms with Gasteiger partial charge in [0.15, 0.2) is 5.58 Å². The zero-order valence-corrected chi connectivity index (χ0v) is 23.5. The van der Waals surface area contributed by atoms with Gasteiger partial charge in [0.25, 0.3) is 0 Å². The largest absolute Gasteiger partial charge is 0.452 e. The number of fused-ring (bicyclic) bond motifs is 13. The van der Waals surface area contributed by atoms with Crippen molar-refractivity contribution < 1.29 is 4.42 Å². The highest BCUT2D eigenvalue weighted by Gasteiger charge is 2.24. The van der Waals surface area contributed by atoms with Crippen LogP contribution in [0.1, 0.15) is 0 Å². The lowest BCUT2D eigenvalue weighted by Crippen LogP contribution is -2.03. The summed E-state index contributed by atoms with van der Waals surface area (Å²) < 4.78 is 11.2. The number of para-hydroxylation sites is 2. The van der Waals surface area contributed by atoms with Gasteiger partial charge in [-0.1, -0.05) is 72.8 Å². The molecular formula is C37H20N4OS. The molecule has 0 radical (unpaired) electrons. The van der Waals surface area contributed by atoms with Gasteiger partial charge >= 0.3 is 0 Å². The molecule has 6 heteroatoms. The maximum atomic E-state index is 6.39. The molecule has 10 rings (SSSR count). The van der Waals surface area contributed by atoms with Crippen molar-refractivity contribution >= 4 is 86.2 Å². The Morgan fingerprint density at radius 1 is 0.628 bits per heavy atom. The van der Waals surface area contributed by atoms with Crippen LogP contribution in [0.25, 0.3) is 92.0 Å². The van der Waals surface area contributed by atoms with Crippen LogP contribution in [0.3, 0.4) is 0 Å². The molecule has 0 saturated carbocycles. The van der Waals surface area contributed by atoms with E-state index in [1.807, 2.05) is 47.9 Å². The quantitative estimate of drug-likeness (QED) is 0.208. The molecule has 0 aliphatic carbocycles. The summed E-state index contributed by atoms with van der Waals surface area (Å²) >= 11 is 1.86. The van der Waals surface area contributed by atoms with Gasteiger partial charge in [0, 0.05) is 59.7 Å². The van der Waals surface area contributed by atoms with E-state index >= 15 is 0 Å². The van der Waals surface area contributed by atoms with Crippen LogP contribution in [0.4, 0.5) is 0 Å². The smallest absolute Gasteiger partial charge is 0.236 e. The molecule has 43 heavy (non-hydrogen) atoms. The number of aromatic nitrogens is 4. The first-order valence-electron chi connectivity index (χ1n) is 14.2. The second-order valence-corrected chi connectivity index (χ2v) is 11.9. The number of thiophene rings is 1. The van der Waals surface area contributed by atoms with Crippen LogP contribution in [0.15, 0.2) is 126 Å². The summed E-state index contributed by atoms with van der Waals surface area (Å²) in [6, 6.07) is 38.1. The minimum atomic E-state index is 0.606. The van der Waals surface area contributed by atoms with E-state index in [4.69, 9.17) is 14.4 Å². The number of furan rings is 1. The fourth-order valence-corrected chi connectivity index (χ4v) is 7.98. The fraction of sp³-hybridized carbons (Fsp3) is 0. The van der Waals surface area contributed by atoms with E-state index in [1.165, 1.54) is 41.7 Å². The van der Waals surface area contributed by atoms with E-state index in [9.17, 15) is 0 Å². The Morgan fingerprint density at radius 3 is 2.23 bits per heavy atom. The summed E-state index contributed by atoms with van der Waals surface area (Å²) in [5, 5.41) is 8.38. The van der Waals surface area contributed by atoms with E-state index < -0.39 is 0 Å². The van der Waals surface area contributed by atoms with Crippen molar-refractivity contribution in [2.75, 3.05) is 0 Å². The molecule has 0 unspecified atom stereocenters. The molecule has 0 amide bonds. The van der Waals surface area contributed by atoms with E-state index in [1.54, 1.807) is 6.20 Å². The van der Waals surface area contributed by atoms with Gasteiger partial charge in [-0.25, -0.2) is 9.97 Å². The molecule has 0 aliphatic heterocycles. The summed E-state index contributed by atoms with van der Waals surface area (Å²) in [5.41, 5.74) is 6.02. The Kier molecular flexibility index (Phi) is 4.54. The van der Waals surface area contributed by atoms with Gasteiger partial charge in [-0.15, -0.1) is 11.3 Å². The lowest BCUT2D eigenvalue weighted by molar-refractivity contribution is 0.666. The third kappa shape index (κ3) is 3.07. The molecule has 5 heterocycles. The zero-order valence-electron chi connectivity index (χ0n) is 22.7. The Labute approximate surface area is 248 Å². The highest BCUT2D eigenvalue weighted by Crippen LogP contribution is 2.48. The van der Waals surface area contributed by atoms with Gasteiger partial charge in [0.1, 0.15) is 16.8 Å². The molecule has 0 fully saturated rings. The Hall–Kier alpha value is -5.59. The summed E-state index contributed by atoms with van der Waals surface area (Å²) in [5.74, 6) is 0.606. The molecular weight excluding hydrogens is 549 g/mol. The predicted molar refractivity (Wildman–Crippen MR) is 177 cm³/mol. The molecule has 0 N–H and O–H groups in total. The van der Waals surface area contributed by atoms with Gasteiger partial charge in [0.2, 0.25) is 5.95 Å². The van der Waals surface area contributed by atoms with Crippen molar-refractivity contribution in [3.63, 3.8) is 0 Å². The monoisotopic (exact) mass is 568 g/mol. The standard InChI is InChI=1S/C37H20N4OS/c1-2-12-23-22(11-1)30-26-15-5-8-18-29(26)43-36(30)31-24-13-3-6-16-27(24)41(34(23)31)37-39-32(21-10-9-19-38-20-21)35-33(40-37)25-14-4-7-17-28(25)42-35/h1-20H. The summed E-state index contributed by atoms with van der Waals surface area (Å²) in [7, 11) is 0. The van der Waals surface area contributed by atoms with E-state index in [0.717, 1.165) is 38.8 Å². The number of benzene rings is 5. The number of hydrogen-bond donors (Lipinski definition) is 0. The average molecular weight is 569 g/mol. The van der Waals surface area contributed by atoms with Crippen molar-refractivity contribution in [2.45, 2.75) is 0 Å². The first-order valence-corrected chi connectivity index (χ1v) is 15.0. The molecule has 5 nitrogen and oxygen atoms in total. The summed E-state index contributed by atoms with van der Waals surface area (Å²) in [6.07, 6.45) is 3.61. The van der Waals surface area contributed by atoms with Crippen molar-refractivity contribution in [2.24, 2.45) is 0 Å². The molecule has 0 spiro atoms. The van der Waals surface area contributed by atoms with Gasteiger partial charge in [-0.05, 0) is 41.8 Å². The molecule has 10 aromatic rings. The van der Waals surface area contributed by atoms with Crippen LogP contribution in [-0.4, -0.2) is 19.5 Å². The van der Waals surface area contributed by atoms with Crippen LogP contribution in [0.2, 0.25) is 0 Å². The van der Waals surface area contributed by atoms with Crippen LogP contribution in [0.5, 0.6) is 0 Å². The molecule has 0 bridgehead atoms. The Morgan fingerprint density at radius 2 is 1.37 bits per heavy atom. The number of pyridine rings is 1. The molecule has 0 saturated heterocycles. The molecule has 200 valence electrons. The Balaban J connectivity index is 1.45. The SMILES string of the molecule is c1cncc(-c2nc(-n3c4ccccc4c4c5sc6ccccc6c5c5ccccc5c43)nc3c2oc2ccccc23)c1. The number of rotatable bonds is 2. The zero-order chi connectivity index (χ0) is 28.1. The topological polar surface area (TPSA) is 56.7 Å². The number of nitrogens with zero attached hydrogens (tertiary/aromatic N) is 4. The lowest BCUT2D eigenvalue weighted by atomic mass is 10.00. The molecule has 5 aromatic carbocycles. The second kappa shape index (κ2) is 8.47. The van der Waals surface area contributed by atoms with Gasteiger partial charge in [-0.3, -0.25) is 9.55 Å². The summed E-state index contributed by atoms with van der Waals surface area (Å²) in [6.45, 7) is 0. The highest BCUT2D eigenvalue weighted by atomic mass is 32.1. The van der Waals surface area contributed by atoms with Crippen LogP contribution >= 0.6 is 11.3 Å². The van der Waals surface area contributed by atoms with Gasteiger partial charge in [0.05, 0.1) is 11.0 Å².